The molecule has 0 heterocycles. The van der Waals surface area contributed by atoms with Crippen molar-refractivity contribution in [3.8, 4) is 0 Å². The normalized spacial score (nSPS) is 24.0. The van der Waals surface area contributed by atoms with Gasteiger partial charge in [-0.05, 0) is 24.5 Å². The van der Waals surface area contributed by atoms with Crippen molar-refractivity contribution in [3.63, 3.8) is 0 Å². The van der Waals surface area contributed by atoms with Crippen LogP contribution >= 0.6 is 11.6 Å². The Labute approximate surface area is 138 Å². The first-order valence-electron chi connectivity index (χ1n) is 7.06. The average molecular weight is 338 g/mol. The molecule has 0 amide bonds. The van der Waals surface area contributed by atoms with E-state index in [1.807, 2.05) is 36.4 Å². The molecule has 122 valence electrons. The molecule has 23 heavy (non-hydrogen) atoms. The van der Waals surface area contributed by atoms with E-state index in [4.69, 9.17) is 21.9 Å². The fourth-order valence-electron chi connectivity index (χ4n) is 2.33. The van der Waals surface area contributed by atoms with Gasteiger partial charge in [-0.15, -0.1) is 11.6 Å². The summed E-state index contributed by atoms with van der Waals surface area (Å²) in [6.45, 7) is 0.915. The number of carboxylic acid groups (broad SMARTS) is 1. The fraction of sp³-hybridized carbons (Fsp3) is 0.294. The van der Waals surface area contributed by atoms with E-state index in [2.05, 4.69) is 5.16 Å². The van der Waals surface area contributed by atoms with Gasteiger partial charge >= 0.3 is 5.97 Å². The van der Waals surface area contributed by atoms with Gasteiger partial charge in [-0.25, -0.2) is 9.18 Å². The summed E-state index contributed by atoms with van der Waals surface area (Å²) in [6.07, 6.45) is 4.88. The molecule has 0 aromatic heterocycles. The first kappa shape index (κ1) is 17.2. The molecule has 6 heteroatoms. The van der Waals surface area contributed by atoms with Crippen molar-refractivity contribution >= 4 is 28.9 Å². The minimum Gasteiger partial charge on any atom is -0.479 e. The summed E-state index contributed by atoms with van der Waals surface area (Å²) in [7, 11) is 0. The quantitative estimate of drug-likeness (QED) is 0.369. The zero-order valence-electron chi connectivity index (χ0n) is 12.5. The topological polar surface area (TPSA) is 69.9 Å². The van der Waals surface area contributed by atoms with E-state index < -0.39 is 22.9 Å². The van der Waals surface area contributed by atoms with Crippen LogP contribution in [-0.4, -0.2) is 32.5 Å². The third-order valence-corrected chi connectivity index (χ3v) is 4.30. The second kappa shape index (κ2) is 6.54. The van der Waals surface area contributed by atoms with E-state index in [1.165, 1.54) is 0 Å². The molecule has 1 aromatic carbocycles. The fourth-order valence-corrected chi connectivity index (χ4v) is 2.58. The predicted molar refractivity (Wildman–Crippen MR) is 87.7 cm³/mol. The molecule has 2 atom stereocenters. The van der Waals surface area contributed by atoms with E-state index in [9.17, 15) is 9.18 Å². The number of aliphatic carboxylic acids is 1. The number of benzene rings is 1. The molecule has 0 bridgehead atoms. The van der Waals surface area contributed by atoms with Crippen LogP contribution in [0.15, 0.2) is 53.7 Å². The van der Waals surface area contributed by atoms with Crippen molar-refractivity contribution in [2.75, 3.05) is 0 Å². The average Bonchev–Trinajstić information content (AvgIpc) is 2.54. The van der Waals surface area contributed by atoms with Gasteiger partial charge in [-0.3, -0.25) is 0 Å². The van der Waals surface area contributed by atoms with Crippen LogP contribution in [0, 0.1) is 0 Å². The minimum atomic E-state index is -2.55. The standard InChI is InChI=1S/C17H17ClFNO3/c1-16(19,15(21)22)11-14(20-23)17(18)9-7-13(8-10-17)12-5-3-2-4-6-12/h2-9,23H,10-11H2,1H3,(H,21,22). The van der Waals surface area contributed by atoms with Crippen molar-refractivity contribution < 1.29 is 19.5 Å². The molecule has 0 saturated carbocycles. The zero-order valence-corrected chi connectivity index (χ0v) is 13.3. The molecule has 0 aliphatic heterocycles. The lowest BCUT2D eigenvalue weighted by molar-refractivity contribution is -0.149. The molecule has 4 nitrogen and oxygen atoms in total. The third kappa shape index (κ3) is 3.79. The molecule has 1 aromatic rings. The predicted octanol–water partition coefficient (Wildman–Crippen LogP) is 4.04. The van der Waals surface area contributed by atoms with Gasteiger partial charge in [-0.2, -0.15) is 0 Å². The van der Waals surface area contributed by atoms with Crippen molar-refractivity contribution in [1.82, 2.24) is 0 Å². The van der Waals surface area contributed by atoms with Crippen LogP contribution in [-0.2, 0) is 4.79 Å². The number of carbonyl (C=O) groups is 1. The summed E-state index contributed by atoms with van der Waals surface area (Å²) in [5.74, 6) is -1.63. The van der Waals surface area contributed by atoms with Gasteiger partial charge in [0.25, 0.3) is 0 Å². The Morgan fingerprint density at radius 1 is 1.43 bits per heavy atom. The monoisotopic (exact) mass is 337 g/mol. The van der Waals surface area contributed by atoms with Crippen molar-refractivity contribution in [3.05, 3.63) is 54.1 Å². The summed E-state index contributed by atoms with van der Waals surface area (Å²) in [5.41, 5.74) is -0.724. The lowest BCUT2D eigenvalue weighted by Gasteiger charge is -2.28. The maximum absolute atomic E-state index is 14.0. The number of alkyl halides is 2. The number of rotatable bonds is 5. The highest BCUT2D eigenvalue weighted by Gasteiger charge is 2.41. The zero-order chi connectivity index (χ0) is 17.1. The van der Waals surface area contributed by atoms with E-state index >= 15 is 0 Å². The Bertz CT molecular complexity index is 682. The van der Waals surface area contributed by atoms with Crippen LogP contribution in [0.3, 0.4) is 0 Å². The first-order chi connectivity index (χ1) is 10.8. The van der Waals surface area contributed by atoms with Crippen molar-refractivity contribution in [2.45, 2.75) is 30.3 Å². The maximum Gasteiger partial charge on any atom is 0.341 e. The molecule has 0 radical (unpaired) electrons. The summed E-state index contributed by atoms with van der Waals surface area (Å²) >= 11 is 6.42. The van der Waals surface area contributed by atoms with Gasteiger partial charge in [-0.1, -0.05) is 53.7 Å². The Balaban J connectivity index is 2.20. The van der Waals surface area contributed by atoms with Gasteiger partial charge in [0.05, 0.1) is 5.71 Å². The molecule has 0 fully saturated rings. The second-order valence-electron chi connectivity index (χ2n) is 5.65. The first-order valence-corrected chi connectivity index (χ1v) is 7.44. The summed E-state index contributed by atoms with van der Waals surface area (Å²) in [6, 6.07) is 9.62. The molecular weight excluding hydrogens is 321 g/mol. The van der Waals surface area contributed by atoms with E-state index in [1.54, 1.807) is 12.2 Å². The van der Waals surface area contributed by atoms with Crippen LogP contribution in [0.5, 0.6) is 0 Å². The molecule has 0 spiro atoms. The van der Waals surface area contributed by atoms with E-state index in [-0.39, 0.29) is 12.1 Å². The Morgan fingerprint density at radius 2 is 2.09 bits per heavy atom. The van der Waals surface area contributed by atoms with Crippen LogP contribution in [0.25, 0.3) is 5.57 Å². The molecule has 2 rings (SSSR count). The molecule has 2 N–H and O–H groups in total. The van der Waals surface area contributed by atoms with Crippen LogP contribution in [0.4, 0.5) is 4.39 Å². The Hall–Kier alpha value is -2.14. The largest absolute Gasteiger partial charge is 0.479 e. The van der Waals surface area contributed by atoms with Crippen molar-refractivity contribution in [2.24, 2.45) is 5.16 Å². The van der Waals surface area contributed by atoms with Gasteiger partial charge in [0.15, 0.2) is 0 Å². The Morgan fingerprint density at radius 3 is 2.57 bits per heavy atom. The number of carboxylic acids is 1. The van der Waals surface area contributed by atoms with Gasteiger partial charge in [0.2, 0.25) is 5.67 Å². The number of nitrogens with zero attached hydrogens (tertiary/aromatic N) is 1. The van der Waals surface area contributed by atoms with E-state index in [0.717, 1.165) is 18.1 Å². The molecule has 2 unspecified atom stereocenters. The maximum atomic E-state index is 14.0. The second-order valence-corrected chi connectivity index (χ2v) is 6.33. The smallest absolute Gasteiger partial charge is 0.341 e. The SMILES string of the molecule is CC(F)(CC(=NO)C1(Cl)C=CC(c2ccccc2)=CC1)C(=O)O. The third-order valence-electron chi connectivity index (χ3n) is 3.80. The number of halogens is 2. The van der Waals surface area contributed by atoms with Gasteiger partial charge in [0.1, 0.15) is 4.87 Å². The minimum absolute atomic E-state index is 0.119. The van der Waals surface area contributed by atoms with E-state index in [0.29, 0.717) is 0 Å². The molecule has 1 aliphatic rings. The summed E-state index contributed by atoms with van der Waals surface area (Å²) in [4.78, 5) is 9.67. The highest BCUT2D eigenvalue weighted by Crippen LogP contribution is 2.35. The number of allylic oxidation sites excluding steroid dienone is 4. The highest BCUT2D eigenvalue weighted by molar-refractivity contribution is 6.38. The summed E-state index contributed by atoms with van der Waals surface area (Å²) in [5, 5.41) is 21.1. The Kier molecular flexibility index (Phi) is 4.90. The summed E-state index contributed by atoms with van der Waals surface area (Å²) < 4.78 is 14.0. The molecular formula is C17H17ClFNO3. The van der Waals surface area contributed by atoms with Gasteiger partial charge in [0, 0.05) is 6.42 Å². The van der Waals surface area contributed by atoms with Crippen LogP contribution in [0.2, 0.25) is 0 Å². The van der Waals surface area contributed by atoms with Gasteiger partial charge < -0.3 is 10.3 Å². The highest BCUT2D eigenvalue weighted by atomic mass is 35.5. The lowest BCUT2D eigenvalue weighted by atomic mass is 9.85. The lowest BCUT2D eigenvalue weighted by Crippen LogP contribution is -2.40. The number of hydrogen-bond acceptors (Lipinski definition) is 3. The molecule has 1 aliphatic carbocycles. The van der Waals surface area contributed by atoms with Crippen molar-refractivity contribution in [1.29, 1.82) is 0 Å². The van der Waals surface area contributed by atoms with Crippen LogP contribution < -0.4 is 0 Å². The van der Waals surface area contributed by atoms with Crippen LogP contribution in [0.1, 0.15) is 25.3 Å². The number of oxime groups is 1. The number of hydrogen-bond donors (Lipinski definition) is 2. The molecule has 0 saturated heterocycles.